The van der Waals surface area contributed by atoms with Gasteiger partial charge in [-0.3, -0.25) is 4.79 Å². The van der Waals surface area contributed by atoms with Crippen molar-refractivity contribution in [2.24, 2.45) is 0 Å². The first-order valence-corrected chi connectivity index (χ1v) is 13.7. The number of ether oxygens (including phenoxy) is 1. The Balaban J connectivity index is 1.31. The third-order valence-electron chi connectivity index (χ3n) is 6.79. The lowest BCUT2D eigenvalue weighted by molar-refractivity contribution is -0.149. The Morgan fingerprint density at radius 1 is 1.08 bits per heavy atom. The number of rotatable bonds is 10. The number of nitrogens with one attached hydrogen (secondary N) is 1. The SMILES string of the molecule is O=C(N[C@H](CN1CCCC1)[C@H](O)c1ccc(OC2CC2)cc1)C(F)(F)c1ccc(-c2ccc(Cl)s2)cc1. The van der Waals surface area contributed by atoms with Crippen molar-refractivity contribution in [1.82, 2.24) is 10.2 Å². The van der Waals surface area contributed by atoms with Crippen molar-refractivity contribution in [3.05, 3.63) is 76.1 Å². The number of hydrogen-bond acceptors (Lipinski definition) is 5. The molecule has 5 nitrogen and oxygen atoms in total. The highest BCUT2D eigenvalue weighted by atomic mass is 35.5. The van der Waals surface area contributed by atoms with E-state index < -0.39 is 29.5 Å². The van der Waals surface area contributed by atoms with E-state index in [-0.39, 0.29) is 12.6 Å². The first-order chi connectivity index (χ1) is 17.8. The Kier molecular flexibility index (Phi) is 7.81. The van der Waals surface area contributed by atoms with E-state index in [4.69, 9.17) is 16.3 Å². The second kappa shape index (κ2) is 11.1. The molecule has 1 aliphatic heterocycles. The van der Waals surface area contributed by atoms with Gasteiger partial charge in [0.05, 0.1) is 16.5 Å². The molecule has 1 saturated carbocycles. The molecule has 1 aromatic heterocycles. The first kappa shape index (κ1) is 26.1. The summed E-state index contributed by atoms with van der Waals surface area (Å²) in [6, 6.07) is 15.3. The van der Waals surface area contributed by atoms with E-state index in [1.807, 2.05) is 6.07 Å². The van der Waals surface area contributed by atoms with Crippen molar-refractivity contribution in [3.8, 4) is 16.2 Å². The molecule has 3 aromatic rings. The van der Waals surface area contributed by atoms with Crippen LogP contribution >= 0.6 is 22.9 Å². The number of alkyl halides is 2. The number of carbonyl (C=O) groups excluding carboxylic acids is 1. The fourth-order valence-electron chi connectivity index (χ4n) is 4.53. The van der Waals surface area contributed by atoms with E-state index in [0.29, 0.717) is 15.6 Å². The molecule has 0 unspecified atom stereocenters. The number of nitrogens with zero attached hydrogens (tertiary/aromatic N) is 1. The Hall–Kier alpha value is -2.52. The zero-order valence-electron chi connectivity index (χ0n) is 20.2. The predicted molar refractivity (Wildman–Crippen MR) is 141 cm³/mol. The third kappa shape index (κ3) is 6.32. The molecule has 0 radical (unpaired) electrons. The minimum absolute atomic E-state index is 0.248. The lowest BCUT2D eigenvalue weighted by Gasteiger charge is -2.30. The molecule has 1 saturated heterocycles. The van der Waals surface area contributed by atoms with Crippen LogP contribution in [0.15, 0.2) is 60.7 Å². The Morgan fingerprint density at radius 3 is 2.35 bits per heavy atom. The van der Waals surface area contributed by atoms with Gasteiger partial charge in [-0.2, -0.15) is 8.78 Å². The van der Waals surface area contributed by atoms with Crippen molar-refractivity contribution in [2.45, 2.75) is 49.9 Å². The number of aliphatic hydroxyl groups excluding tert-OH is 1. The van der Waals surface area contributed by atoms with Crippen molar-refractivity contribution in [2.75, 3.05) is 19.6 Å². The Bertz CT molecular complexity index is 1210. The van der Waals surface area contributed by atoms with Gasteiger partial charge < -0.3 is 20.1 Å². The second-order valence-electron chi connectivity index (χ2n) is 9.67. The Morgan fingerprint density at radius 2 is 1.76 bits per heavy atom. The number of benzene rings is 2. The molecule has 0 spiro atoms. The van der Waals surface area contributed by atoms with Crippen LogP contribution in [0, 0.1) is 0 Å². The van der Waals surface area contributed by atoms with Gasteiger partial charge in [-0.25, -0.2) is 0 Å². The molecular weight excluding hydrogens is 518 g/mol. The maximum Gasteiger partial charge on any atom is 0.349 e. The van der Waals surface area contributed by atoms with Gasteiger partial charge in [0, 0.05) is 17.0 Å². The predicted octanol–water partition coefficient (Wildman–Crippen LogP) is 6.02. The van der Waals surface area contributed by atoms with Gasteiger partial charge in [-0.15, -0.1) is 11.3 Å². The van der Waals surface area contributed by atoms with Crippen LogP contribution in [0.2, 0.25) is 4.34 Å². The second-order valence-corrected chi connectivity index (χ2v) is 11.4. The summed E-state index contributed by atoms with van der Waals surface area (Å²) in [5.41, 5.74) is 0.871. The molecule has 2 atom stereocenters. The molecule has 5 rings (SSSR count). The molecule has 1 amide bonds. The van der Waals surface area contributed by atoms with Gasteiger partial charge in [0.15, 0.2) is 0 Å². The molecule has 2 fully saturated rings. The average molecular weight is 547 g/mol. The van der Waals surface area contributed by atoms with Crippen molar-refractivity contribution < 1.29 is 23.4 Å². The number of halogens is 3. The first-order valence-electron chi connectivity index (χ1n) is 12.5. The third-order valence-corrected chi connectivity index (χ3v) is 8.07. The molecule has 9 heteroatoms. The minimum Gasteiger partial charge on any atom is -0.490 e. The molecule has 2 heterocycles. The smallest absolute Gasteiger partial charge is 0.349 e. The summed E-state index contributed by atoms with van der Waals surface area (Å²) < 4.78 is 36.9. The van der Waals surface area contributed by atoms with Crippen LogP contribution in [0.1, 0.15) is 42.9 Å². The highest BCUT2D eigenvalue weighted by Gasteiger charge is 2.43. The van der Waals surface area contributed by atoms with Crippen LogP contribution in [-0.4, -0.2) is 47.7 Å². The Labute approximate surface area is 224 Å². The fourth-order valence-corrected chi connectivity index (χ4v) is 5.57. The van der Waals surface area contributed by atoms with Crippen LogP contribution < -0.4 is 10.1 Å². The van der Waals surface area contributed by atoms with Crippen LogP contribution in [0.3, 0.4) is 0 Å². The molecule has 2 aromatic carbocycles. The van der Waals surface area contributed by atoms with Crippen molar-refractivity contribution >= 4 is 28.8 Å². The molecular formula is C28H29ClF2N2O3S. The summed E-state index contributed by atoms with van der Waals surface area (Å²) in [7, 11) is 0. The maximum atomic E-state index is 15.3. The summed E-state index contributed by atoms with van der Waals surface area (Å²) in [5, 5.41) is 13.6. The quantitative estimate of drug-likeness (QED) is 0.327. The van der Waals surface area contributed by atoms with Crippen molar-refractivity contribution in [1.29, 1.82) is 0 Å². The molecule has 2 N–H and O–H groups in total. The summed E-state index contributed by atoms with van der Waals surface area (Å²) in [5.74, 6) is -4.49. The average Bonchev–Trinajstić information content (AvgIpc) is 3.35. The summed E-state index contributed by atoms with van der Waals surface area (Å²) in [6.07, 6.45) is 3.17. The van der Waals surface area contributed by atoms with Gasteiger partial charge in [-0.1, -0.05) is 48.0 Å². The topological polar surface area (TPSA) is 61.8 Å². The molecule has 0 bridgehead atoms. The molecule has 2 aliphatic rings. The minimum atomic E-state index is -3.77. The van der Waals surface area contributed by atoms with E-state index in [9.17, 15) is 9.90 Å². The normalized spacial score (nSPS) is 17.9. The number of carbonyl (C=O) groups is 1. The van der Waals surface area contributed by atoms with Gasteiger partial charge in [0.1, 0.15) is 11.9 Å². The lowest BCUT2D eigenvalue weighted by Crippen LogP contribution is -2.50. The van der Waals surface area contributed by atoms with Gasteiger partial charge in [0.25, 0.3) is 5.91 Å². The summed E-state index contributed by atoms with van der Waals surface area (Å²) in [6.45, 7) is 1.89. The number of amides is 1. The maximum absolute atomic E-state index is 15.3. The van der Waals surface area contributed by atoms with Crippen LogP contribution in [-0.2, 0) is 10.7 Å². The van der Waals surface area contributed by atoms with Crippen LogP contribution in [0.5, 0.6) is 5.75 Å². The van der Waals surface area contributed by atoms with E-state index in [1.165, 1.54) is 23.5 Å². The molecule has 196 valence electrons. The van der Waals surface area contributed by atoms with E-state index in [0.717, 1.165) is 49.2 Å². The van der Waals surface area contributed by atoms with Crippen molar-refractivity contribution in [3.63, 3.8) is 0 Å². The lowest BCUT2D eigenvalue weighted by atomic mass is 10.00. The van der Waals surface area contributed by atoms with Gasteiger partial charge in [-0.05, 0) is 74.2 Å². The number of aliphatic hydroxyl groups is 1. The largest absolute Gasteiger partial charge is 0.490 e. The molecule has 37 heavy (non-hydrogen) atoms. The highest BCUT2D eigenvalue weighted by molar-refractivity contribution is 7.19. The van der Waals surface area contributed by atoms with Crippen LogP contribution in [0.25, 0.3) is 10.4 Å². The number of hydrogen-bond donors (Lipinski definition) is 2. The number of thiophene rings is 1. The zero-order chi connectivity index (χ0) is 26.0. The standard InChI is InChI=1S/C28H29ClF2N2O3S/c29-25-14-13-24(37-25)18-3-7-20(8-4-18)28(30,31)27(35)32-23(17-33-15-1-2-16-33)26(34)19-5-9-21(10-6-19)36-22-11-12-22/h3-10,13-14,22-23,26,34H,1-2,11-12,15-17H2,(H,32,35)/t23-,26-/m1/s1. The van der Waals surface area contributed by atoms with Crippen LogP contribution in [0.4, 0.5) is 8.78 Å². The monoisotopic (exact) mass is 546 g/mol. The fraction of sp³-hybridized carbons (Fsp3) is 0.393. The van der Waals surface area contributed by atoms with Gasteiger partial charge >= 0.3 is 5.92 Å². The van der Waals surface area contributed by atoms with Gasteiger partial charge in [0.2, 0.25) is 0 Å². The highest BCUT2D eigenvalue weighted by Crippen LogP contribution is 2.35. The van der Waals surface area contributed by atoms with E-state index in [2.05, 4.69) is 10.2 Å². The molecule has 1 aliphatic carbocycles. The van der Waals surface area contributed by atoms with E-state index in [1.54, 1.807) is 42.5 Å². The van der Waals surface area contributed by atoms with E-state index >= 15 is 8.78 Å². The zero-order valence-corrected chi connectivity index (χ0v) is 21.8. The summed E-state index contributed by atoms with van der Waals surface area (Å²) >= 11 is 7.33. The number of likely N-dealkylation sites (tertiary alicyclic amines) is 1. The summed E-state index contributed by atoms with van der Waals surface area (Å²) in [4.78, 5) is 15.8.